The van der Waals surface area contributed by atoms with Gasteiger partial charge in [0.1, 0.15) is 10.2 Å². The van der Waals surface area contributed by atoms with Crippen LogP contribution in [0.25, 0.3) is 0 Å². The van der Waals surface area contributed by atoms with Crippen molar-refractivity contribution in [3.05, 3.63) is 9.63 Å². The molecular formula is C5H5BrClN3S. The molecule has 0 amide bonds. The van der Waals surface area contributed by atoms with E-state index in [1.165, 1.54) is 11.8 Å². The van der Waals surface area contributed by atoms with E-state index in [1.807, 2.05) is 6.26 Å². The maximum absolute atomic E-state index is 5.71. The van der Waals surface area contributed by atoms with E-state index >= 15 is 0 Å². The molecule has 0 spiro atoms. The Hall–Kier alpha value is -0.0000000000000000555. The summed E-state index contributed by atoms with van der Waals surface area (Å²) in [6.45, 7) is 0. The van der Waals surface area contributed by atoms with Gasteiger partial charge in [-0.05, 0) is 22.2 Å². The van der Waals surface area contributed by atoms with Crippen LogP contribution in [0.15, 0.2) is 9.50 Å². The third-order valence-corrected chi connectivity index (χ3v) is 3.19. The molecule has 60 valence electrons. The summed E-state index contributed by atoms with van der Waals surface area (Å²) in [5.74, 6) is 0.197. The molecule has 0 bridgehead atoms. The maximum Gasteiger partial charge on any atom is 0.222 e. The van der Waals surface area contributed by atoms with Gasteiger partial charge in [-0.15, -0.1) is 11.8 Å². The summed E-state index contributed by atoms with van der Waals surface area (Å²) < 4.78 is 0.695. The Kier molecular flexibility index (Phi) is 2.98. The summed E-state index contributed by atoms with van der Waals surface area (Å²) in [7, 11) is 0. The minimum atomic E-state index is 0.197. The minimum Gasteiger partial charge on any atom is -0.368 e. The van der Waals surface area contributed by atoms with E-state index in [9.17, 15) is 0 Å². The van der Waals surface area contributed by atoms with Gasteiger partial charge < -0.3 is 5.73 Å². The summed E-state index contributed by atoms with van der Waals surface area (Å²) in [5, 5.41) is 1.10. The highest BCUT2D eigenvalue weighted by Gasteiger charge is 2.07. The number of hydrogen-bond donors (Lipinski definition) is 1. The predicted octanol–water partition coefficient (Wildman–Crippen LogP) is 2.20. The number of nitrogens with zero attached hydrogens (tertiary/aromatic N) is 2. The van der Waals surface area contributed by atoms with Gasteiger partial charge in [0.05, 0.1) is 4.47 Å². The lowest BCUT2D eigenvalue weighted by atomic mass is 10.7. The molecule has 0 fully saturated rings. The van der Waals surface area contributed by atoms with Gasteiger partial charge in [0.2, 0.25) is 5.95 Å². The molecule has 3 nitrogen and oxygen atoms in total. The zero-order valence-electron chi connectivity index (χ0n) is 5.64. The van der Waals surface area contributed by atoms with Crippen molar-refractivity contribution in [3.8, 4) is 0 Å². The van der Waals surface area contributed by atoms with Crippen molar-refractivity contribution in [1.29, 1.82) is 0 Å². The van der Waals surface area contributed by atoms with Crippen LogP contribution in [0.4, 0.5) is 5.95 Å². The molecule has 0 aliphatic heterocycles. The summed E-state index contributed by atoms with van der Waals surface area (Å²) in [6, 6.07) is 0. The molecule has 6 heteroatoms. The first-order chi connectivity index (χ1) is 5.15. The molecule has 0 unspecified atom stereocenters. The van der Waals surface area contributed by atoms with Gasteiger partial charge in [0.25, 0.3) is 0 Å². The van der Waals surface area contributed by atoms with E-state index < -0.39 is 0 Å². The second kappa shape index (κ2) is 3.60. The molecule has 0 saturated carbocycles. The van der Waals surface area contributed by atoms with E-state index in [4.69, 9.17) is 17.3 Å². The van der Waals surface area contributed by atoms with Gasteiger partial charge in [-0.25, -0.2) is 9.97 Å². The van der Waals surface area contributed by atoms with Crippen LogP contribution in [0.5, 0.6) is 0 Å². The summed E-state index contributed by atoms with van der Waals surface area (Å²) in [4.78, 5) is 7.70. The highest BCUT2D eigenvalue weighted by Crippen LogP contribution is 2.29. The third-order valence-electron chi connectivity index (χ3n) is 0.991. The van der Waals surface area contributed by atoms with E-state index in [-0.39, 0.29) is 5.95 Å². The highest BCUT2D eigenvalue weighted by atomic mass is 79.9. The summed E-state index contributed by atoms with van der Waals surface area (Å²) in [6.07, 6.45) is 1.89. The summed E-state index contributed by atoms with van der Waals surface area (Å²) >= 11 is 10.4. The fourth-order valence-corrected chi connectivity index (χ4v) is 1.91. The first-order valence-electron chi connectivity index (χ1n) is 2.67. The Morgan fingerprint density at radius 3 is 2.73 bits per heavy atom. The third kappa shape index (κ3) is 1.98. The van der Waals surface area contributed by atoms with Crippen LogP contribution in [0.1, 0.15) is 0 Å². The smallest absolute Gasteiger partial charge is 0.222 e. The van der Waals surface area contributed by atoms with Crippen LogP contribution in [0.3, 0.4) is 0 Å². The Labute approximate surface area is 81.9 Å². The lowest BCUT2D eigenvalue weighted by Gasteiger charge is -2.01. The first-order valence-corrected chi connectivity index (χ1v) is 5.07. The van der Waals surface area contributed by atoms with Crippen molar-refractivity contribution in [1.82, 2.24) is 9.97 Å². The molecule has 2 N–H and O–H groups in total. The average Bonchev–Trinajstić information content (AvgIpc) is 1.96. The first kappa shape index (κ1) is 9.09. The van der Waals surface area contributed by atoms with Crippen LogP contribution < -0.4 is 5.73 Å². The number of halogens is 2. The molecule has 0 aromatic carbocycles. The normalized spacial score (nSPS) is 10.1. The molecule has 11 heavy (non-hydrogen) atoms. The fourth-order valence-electron chi connectivity index (χ4n) is 0.551. The molecule has 1 rings (SSSR count). The van der Waals surface area contributed by atoms with Gasteiger partial charge in [0, 0.05) is 0 Å². The lowest BCUT2D eigenvalue weighted by molar-refractivity contribution is 1.05. The van der Waals surface area contributed by atoms with Crippen LogP contribution in [0.2, 0.25) is 5.15 Å². The largest absolute Gasteiger partial charge is 0.368 e. The molecule has 1 heterocycles. The van der Waals surface area contributed by atoms with Gasteiger partial charge in [-0.2, -0.15) is 0 Å². The summed E-state index contributed by atoms with van der Waals surface area (Å²) in [5.41, 5.74) is 5.36. The molecule has 1 aromatic heterocycles. The Bertz CT molecular complexity index is 281. The molecule has 0 atom stereocenters. The molecule has 0 saturated heterocycles. The van der Waals surface area contributed by atoms with Crippen molar-refractivity contribution in [2.24, 2.45) is 0 Å². The molecule has 0 aliphatic rings. The van der Waals surface area contributed by atoms with Crippen LogP contribution >= 0.6 is 39.3 Å². The Morgan fingerprint density at radius 1 is 1.55 bits per heavy atom. The van der Waals surface area contributed by atoms with Crippen molar-refractivity contribution in [2.75, 3.05) is 12.0 Å². The average molecular weight is 255 g/mol. The van der Waals surface area contributed by atoms with Crippen LogP contribution in [-0.2, 0) is 0 Å². The lowest BCUT2D eigenvalue weighted by Crippen LogP contribution is -1.96. The molecule has 0 radical (unpaired) electrons. The molecule has 1 aromatic rings. The highest BCUT2D eigenvalue weighted by molar-refractivity contribution is 9.10. The second-order valence-electron chi connectivity index (χ2n) is 1.70. The van der Waals surface area contributed by atoms with Crippen molar-refractivity contribution < 1.29 is 0 Å². The zero-order chi connectivity index (χ0) is 8.43. The van der Waals surface area contributed by atoms with E-state index in [0.29, 0.717) is 9.63 Å². The van der Waals surface area contributed by atoms with Crippen molar-refractivity contribution in [2.45, 2.75) is 5.03 Å². The quantitative estimate of drug-likeness (QED) is 0.617. The zero-order valence-corrected chi connectivity index (χ0v) is 8.79. The molecule has 0 aliphatic carbocycles. The van der Waals surface area contributed by atoms with E-state index in [2.05, 4.69) is 25.9 Å². The number of anilines is 1. The van der Waals surface area contributed by atoms with Crippen molar-refractivity contribution in [3.63, 3.8) is 0 Å². The van der Waals surface area contributed by atoms with Crippen LogP contribution in [0, 0.1) is 0 Å². The monoisotopic (exact) mass is 253 g/mol. The minimum absolute atomic E-state index is 0.197. The van der Waals surface area contributed by atoms with Gasteiger partial charge in [0.15, 0.2) is 0 Å². The number of aromatic nitrogens is 2. The molecular weight excluding hydrogens is 250 g/mol. The fraction of sp³-hybridized carbons (Fsp3) is 0.200. The van der Waals surface area contributed by atoms with Gasteiger partial charge >= 0.3 is 0 Å². The van der Waals surface area contributed by atoms with E-state index in [0.717, 1.165) is 5.03 Å². The number of hydrogen-bond acceptors (Lipinski definition) is 4. The van der Waals surface area contributed by atoms with E-state index in [1.54, 1.807) is 0 Å². The van der Waals surface area contributed by atoms with Crippen LogP contribution in [-0.4, -0.2) is 16.2 Å². The maximum atomic E-state index is 5.71. The van der Waals surface area contributed by atoms with Crippen molar-refractivity contribution >= 4 is 45.2 Å². The number of nitrogen functional groups attached to an aromatic ring is 1. The predicted molar refractivity (Wildman–Crippen MR) is 50.9 cm³/mol. The SMILES string of the molecule is CSc1nc(N)nc(Cl)c1Br. The number of thioether (sulfide) groups is 1. The second-order valence-corrected chi connectivity index (χ2v) is 3.64. The topological polar surface area (TPSA) is 51.8 Å². The Morgan fingerprint density at radius 2 is 2.18 bits per heavy atom. The number of rotatable bonds is 1. The Balaban J connectivity index is 3.24. The van der Waals surface area contributed by atoms with Gasteiger partial charge in [-0.1, -0.05) is 11.6 Å². The van der Waals surface area contributed by atoms with Gasteiger partial charge in [-0.3, -0.25) is 0 Å². The number of nitrogens with two attached hydrogens (primary N) is 1. The standard InChI is InChI=1S/C5H5BrClN3S/c1-11-4-2(6)3(7)9-5(8)10-4/h1H3,(H2,8,9,10).